The third-order valence-corrected chi connectivity index (χ3v) is 3.96. The van der Waals surface area contributed by atoms with Crippen molar-refractivity contribution in [2.24, 2.45) is 0 Å². The van der Waals surface area contributed by atoms with E-state index in [1.54, 1.807) is 0 Å². The third-order valence-electron chi connectivity index (χ3n) is 3.46. The topological polar surface area (TPSA) is 15.3 Å². The van der Waals surface area contributed by atoms with Gasteiger partial charge in [0, 0.05) is 16.6 Å². The van der Waals surface area contributed by atoms with Crippen LogP contribution in [0.15, 0.2) is 28.7 Å². The van der Waals surface area contributed by atoms with Crippen molar-refractivity contribution in [3.05, 3.63) is 34.3 Å². The Bertz CT molecular complexity index is 398. The summed E-state index contributed by atoms with van der Waals surface area (Å²) < 4.78 is 1.17. The Morgan fingerprint density at radius 1 is 1.10 bits per heavy atom. The van der Waals surface area contributed by atoms with Crippen molar-refractivity contribution < 1.29 is 0 Å². The molecule has 0 fully saturated rings. The highest BCUT2D eigenvalue weighted by Gasteiger charge is 2.07. The predicted molar refractivity (Wildman–Crippen MR) is 96.7 cm³/mol. The molecule has 0 aliphatic rings. The van der Waals surface area contributed by atoms with Crippen LogP contribution in [-0.4, -0.2) is 30.6 Å². The van der Waals surface area contributed by atoms with Crippen LogP contribution < -0.4 is 5.32 Å². The highest BCUT2D eigenvalue weighted by Crippen LogP contribution is 2.13. The van der Waals surface area contributed by atoms with Gasteiger partial charge in [-0.05, 0) is 71.4 Å². The molecular formula is C18H31BrN2. The number of unbranched alkanes of at least 4 members (excludes halogenated alkanes) is 3. The van der Waals surface area contributed by atoms with Crippen molar-refractivity contribution in [3.63, 3.8) is 0 Å². The fourth-order valence-corrected chi connectivity index (χ4v) is 2.80. The van der Waals surface area contributed by atoms with E-state index in [-0.39, 0.29) is 5.54 Å². The molecule has 0 aromatic heterocycles. The van der Waals surface area contributed by atoms with Crippen LogP contribution in [0.3, 0.4) is 0 Å². The lowest BCUT2D eigenvalue weighted by Gasteiger charge is -2.20. The first-order chi connectivity index (χ1) is 9.87. The third kappa shape index (κ3) is 10.0. The molecule has 1 N–H and O–H groups in total. The molecule has 0 amide bonds. The monoisotopic (exact) mass is 354 g/mol. The number of hydrogen-bond donors (Lipinski definition) is 1. The Hall–Kier alpha value is -0.380. The van der Waals surface area contributed by atoms with Gasteiger partial charge in [-0.2, -0.15) is 0 Å². The molecule has 0 radical (unpaired) electrons. The maximum atomic E-state index is 3.54. The van der Waals surface area contributed by atoms with E-state index in [0.29, 0.717) is 0 Å². The molecule has 0 aliphatic heterocycles. The fraction of sp³-hybridized carbons (Fsp3) is 0.667. The van der Waals surface area contributed by atoms with Gasteiger partial charge in [-0.25, -0.2) is 0 Å². The van der Waals surface area contributed by atoms with Crippen LogP contribution >= 0.6 is 15.9 Å². The molecule has 2 nitrogen and oxygen atoms in total. The average molecular weight is 355 g/mol. The molecule has 0 heterocycles. The molecule has 0 saturated carbocycles. The number of hydrogen-bond acceptors (Lipinski definition) is 2. The zero-order valence-electron chi connectivity index (χ0n) is 14.1. The normalized spacial score (nSPS) is 12.1. The van der Waals surface area contributed by atoms with Gasteiger partial charge in [-0.3, -0.25) is 0 Å². The number of halogens is 1. The van der Waals surface area contributed by atoms with Gasteiger partial charge in [-0.1, -0.05) is 40.9 Å². The molecule has 0 bridgehead atoms. The summed E-state index contributed by atoms with van der Waals surface area (Å²) in [5, 5.41) is 3.54. The van der Waals surface area contributed by atoms with E-state index in [0.717, 1.165) is 13.1 Å². The second-order valence-corrected chi connectivity index (χ2v) is 7.87. The lowest BCUT2D eigenvalue weighted by molar-refractivity contribution is 0.316. The lowest BCUT2D eigenvalue weighted by atomic mass is 10.1. The number of nitrogens with one attached hydrogen (secondary N) is 1. The van der Waals surface area contributed by atoms with Gasteiger partial charge in [0.2, 0.25) is 0 Å². The molecule has 0 aliphatic carbocycles. The van der Waals surface area contributed by atoms with Gasteiger partial charge >= 0.3 is 0 Å². The molecule has 0 atom stereocenters. The predicted octanol–water partition coefficient (Wildman–Crippen LogP) is 4.83. The number of nitrogens with zero attached hydrogens (tertiary/aromatic N) is 1. The largest absolute Gasteiger partial charge is 0.312 e. The SMILES string of the molecule is CN(CCCCCCNC(C)(C)C)Cc1cccc(Br)c1. The lowest BCUT2D eigenvalue weighted by Crippen LogP contribution is -2.36. The van der Waals surface area contributed by atoms with Crippen molar-refractivity contribution in [2.75, 3.05) is 20.1 Å². The highest BCUT2D eigenvalue weighted by molar-refractivity contribution is 9.10. The standard InChI is InChI=1S/C18H31BrN2/c1-18(2,3)20-12-7-5-6-8-13-21(4)15-16-10-9-11-17(19)14-16/h9-11,14,20H,5-8,12-13,15H2,1-4H3. The summed E-state index contributed by atoms with van der Waals surface area (Å²) >= 11 is 3.53. The summed E-state index contributed by atoms with van der Waals surface area (Å²) in [5.74, 6) is 0. The minimum atomic E-state index is 0.254. The van der Waals surface area contributed by atoms with Crippen LogP contribution in [0.1, 0.15) is 52.0 Å². The summed E-state index contributed by atoms with van der Waals surface area (Å²) in [6, 6.07) is 8.58. The Kier molecular flexibility index (Phi) is 8.53. The molecule has 0 unspecified atom stereocenters. The van der Waals surface area contributed by atoms with Crippen molar-refractivity contribution in [1.82, 2.24) is 10.2 Å². The smallest absolute Gasteiger partial charge is 0.0231 e. The van der Waals surface area contributed by atoms with Gasteiger partial charge in [0.15, 0.2) is 0 Å². The van der Waals surface area contributed by atoms with E-state index in [1.807, 2.05) is 0 Å². The maximum Gasteiger partial charge on any atom is 0.0231 e. The van der Waals surface area contributed by atoms with E-state index in [9.17, 15) is 0 Å². The molecule has 0 spiro atoms. The van der Waals surface area contributed by atoms with E-state index < -0.39 is 0 Å². The first-order valence-corrected chi connectivity index (χ1v) is 8.84. The van der Waals surface area contributed by atoms with Crippen molar-refractivity contribution >= 4 is 15.9 Å². The van der Waals surface area contributed by atoms with Crippen LogP contribution in [0.5, 0.6) is 0 Å². The van der Waals surface area contributed by atoms with Crippen molar-refractivity contribution in [2.45, 2.75) is 58.5 Å². The van der Waals surface area contributed by atoms with Crippen LogP contribution in [0.25, 0.3) is 0 Å². The average Bonchev–Trinajstić information content (AvgIpc) is 2.36. The van der Waals surface area contributed by atoms with E-state index >= 15 is 0 Å². The zero-order chi connectivity index (χ0) is 15.7. The molecule has 0 saturated heterocycles. The van der Waals surface area contributed by atoms with E-state index in [2.05, 4.69) is 78.2 Å². The molecular weight excluding hydrogens is 324 g/mol. The number of benzene rings is 1. The second-order valence-electron chi connectivity index (χ2n) is 6.96. The van der Waals surface area contributed by atoms with Gasteiger partial charge in [-0.15, -0.1) is 0 Å². The van der Waals surface area contributed by atoms with Crippen LogP contribution in [-0.2, 0) is 6.54 Å². The molecule has 120 valence electrons. The second kappa shape index (κ2) is 9.60. The Balaban J connectivity index is 2.05. The maximum absolute atomic E-state index is 3.54. The summed E-state index contributed by atoms with van der Waals surface area (Å²) in [6.45, 7) is 10.0. The van der Waals surface area contributed by atoms with E-state index in [4.69, 9.17) is 0 Å². The summed E-state index contributed by atoms with van der Waals surface area (Å²) in [6.07, 6.45) is 5.23. The first-order valence-electron chi connectivity index (χ1n) is 8.05. The quantitative estimate of drug-likeness (QED) is 0.639. The molecule has 1 aromatic rings. The summed E-state index contributed by atoms with van der Waals surface area (Å²) in [7, 11) is 2.21. The van der Waals surface area contributed by atoms with Crippen LogP contribution in [0.2, 0.25) is 0 Å². The Morgan fingerprint density at radius 3 is 2.48 bits per heavy atom. The van der Waals surface area contributed by atoms with E-state index in [1.165, 1.54) is 42.3 Å². The molecule has 1 rings (SSSR count). The zero-order valence-corrected chi connectivity index (χ0v) is 15.7. The first kappa shape index (κ1) is 18.7. The highest BCUT2D eigenvalue weighted by atomic mass is 79.9. The number of rotatable bonds is 9. The fourth-order valence-electron chi connectivity index (χ4n) is 2.35. The summed E-state index contributed by atoms with van der Waals surface area (Å²) in [4.78, 5) is 2.41. The molecule has 1 aromatic carbocycles. The van der Waals surface area contributed by atoms with Crippen molar-refractivity contribution in [1.29, 1.82) is 0 Å². The Morgan fingerprint density at radius 2 is 1.81 bits per heavy atom. The van der Waals surface area contributed by atoms with Gasteiger partial charge in [0.1, 0.15) is 0 Å². The van der Waals surface area contributed by atoms with Crippen molar-refractivity contribution in [3.8, 4) is 0 Å². The minimum Gasteiger partial charge on any atom is -0.312 e. The van der Waals surface area contributed by atoms with Gasteiger partial charge in [0.05, 0.1) is 0 Å². The molecule has 21 heavy (non-hydrogen) atoms. The molecule has 3 heteroatoms. The van der Waals surface area contributed by atoms with Gasteiger partial charge in [0.25, 0.3) is 0 Å². The van der Waals surface area contributed by atoms with Crippen LogP contribution in [0, 0.1) is 0 Å². The Labute approximate surface area is 139 Å². The van der Waals surface area contributed by atoms with Crippen LogP contribution in [0.4, 0.5) is 0 Å². The minimum absolute atomic E-state index is 0.254. The summed E-state index contributed by atoms with van der Waals surface area (Å²) in [5.41, 5.74) is 1.63. The van der Waals surface area contributed by atoms with Gasteiger partial charge < -0.3 is 10.2 Å².